The Labute approximate surface area is 117 Å². The summed E-state index contributed by atoms with van der Waals surface area (Å²) in [5, 5.41) is 16.7. The molecule has 0 fully saturated rings. The van der Waals surface area contributed by atoms with Crippen molar-refractivity contribution in [3.8, 4) is 0 Å². The van der Waals surface area contributed by atoms with Crippen molar-refractivity contribution >= 4 is 17.5 Å². The topological polar surface area (TPSA) is 86.1 Å². The van der Waals surface area contributed by atoms with Crippen molar-refractivity contribution in [3.63, 3.8) is 0 Å². The summed E-state index contributed by atoms with van der Waals surface area (Å²) in [6.45, 7) is 1.54. The van der Waals surface area contributed by atoms with Crippen LogP contribution in [0.5, 0.6) is 0 Å². The Morgan fingerprint density at radius 2 is 2.10 bits per heavy atom. The normalized spacial score (nSPS) is 15.8. The van der Waals surface area contributed by atoms with E-state index in [1.54, 1.807) is 31.3 Å². The monoisotopic (exact) mass is 274 g/mol. The van der Waals surface area contributed by atoms with Gasteiger partial charge in [-0.15, -0.1) is 0 Å². The zero-order valence-corrected chi connectivity index (χ0v) is 11.4. The van der Waals surface area contributed by atoms with Crippen LogP contribution in [0.25, 0.3) is 0 Å². The van der Waals surface area contributed by atoms with Crippen molar-refractivity contribution in [1.29, 1.82) is 0 Å². The van der Waals surface area contributed by atoms with Gasteiger partial charge in [0, 0.05) is 25.7 Å². The molecule has 1 aromatic carbocycles. The van der Waals surface area contributed by atoms with E-state index in [1.165, 1.54) is 0 Å². The van der Waals surface area contributed by atoms with Gasteiger partial charge in [0.25, 0.3) is 0 Å². The number of aromatic carboxylic acids is 1. The quantitative estimate of drug-likeness (QED) is 0.566. The molecule has 0 bridgehead atoms. The van der Waals surface area contributed by atoms with Crippen LogP contribution in [-0.4, -0.2) is 42.8 Å². The minimum atomic E-state index is -0.973. The molecule has 0 spiro atoms. The lowest BCUT2D eigenvalue weighted by atomic mass is 10.0. The first-order valence-corrected chi connectivity index (χ1v) is 6.60. The summed E-state index contributed by atoms with van der Waals surface area (Å²) < 4.78 is 0. The van der Waals surface area contributed by atoms with Crippen molar-refractivity contribution in [2.45, 2.75) is 12.8 Å². The van der Waals surface area contributed by atoms with Crippen LogP contribution >= 0.6 is 0 Å². The van der Waals surface area contributed by atoms with Gasteiger partial charge in [0.15, 0.2) is 0 Å². The largest absolute Gasteiger partial charge is 0.478 e. The van der Waals surface area contributed by atoms with Crippen molar-refractivity contribution < 1.29 is 9.90 Å². The number of hydrogen-bond acceptors (Lipinski definition) is 5. The number of aliphatic imine (C=N–C) groups is 1. The van der Waals surface area contributed by atoms with Gasteiger partial charge in [0.05, 0.1) is 5.56 Å². The van der Waals surface area contributed by atoms with Gasteiger partial charge in [-0.25, -0.2) is 4.79 Å². The Morgan fingerprint density at radius 1 is 1.35 bits per heavy atom. The van der Waals surface area contributed by atoms with Crippen molar-refractivity contribution in [2.24, 2.45) is 10.1 Å². The summed E-state index contributed by atoms with van der Waals surface area (Å²) >= 11 is 0. The van der Waals surface area contributed by atoms with Crippen LogP contribution in [-0.2, 0) is 0 Å². The van der Waals surface area contributed by atoms with E-state index < -0.39 is 5.97 Å². The summed E-state index contributed by atoms with van der Waals surface area (Å²) in [5.41, 5.74) is 4.03. The van der Waals surface area contributed by atoms with Crippen LogP contribution in [0.2, 0.25) is 0 Å². The van der Waals surface area contributed by atoms with Gasteiger partial charge in [-0.3, -0.25) is 4.99 Å². The zero-order chi connectivity index (χ0) is 14.4. The highest BCUT2D eigenvalue weighted by Gasteiger charge is 2.19. The fraction of sp³-hybridized carbons (Fsp3) is 0.357. The molecule has 1 aromatic rings. The van der Waals surface area contributed by atoms with Gasteiger partial charge in [-0.1, -0.05) is 18.2 Å². The fourth-order valence-electron chi connectivity index (χ4n) is 2.08. The average Bonchev–Trinajstić information content (AvgIpc) is 2.73. The average molecular weight is 274 g/mol. The van der Waals surface area contributed by atoms with Gasteiger partial charge < -0.3 is 15.8 Å². The fourth-order valence-corrected chi connectivity index (χ4v) is 2.08. The summed E-state index contributed by atoms with van der Waals surface area (Å²) in [6.07, 6.45) is 2.06. The maximum Gasteiger partial charge on any atom is 0.336 e. The molecule has 3 N–H and O–H groups in total. The number of nitrogens with zero attached hydrogens (tertiary/aromatic N) is 2. The highest BCUT2D eigenvalue weighted by molar-refractivity contribution is 6.48. The number of benzene rings is 1. The zero-order valence-electron chi connectivity index (χ0n) is 11.4. The van der Waals surface area contributed by atoms with Gasteiger partial charge in [0.2, 0.25) is 0 Å². The molecule has 0 atom stereocenters. The first-order chi connectivity index (χ1) is 9.74. The summed E-state index contributed by atoms with van der Waals surface area (Å²) in [6, 6.07) is 6.81. The SMILES string of the molecule is CNN=C(C1=NCCCCN1)c1ccccc1C(=O)O. The van der Waals surface area contributed by atoms with E-state index in [1.807, 2.05) is 0 Å². The second-order valence-corrected chi connectivity index (χ2v) is 4.40. The number of hydrogen-bond donors (Lipinski definition) is 3. The van der Waals surface area contributed by atoms with Gasteiger partial charge in [-0.2, -0.15) is 5.10 Å². The maximum absolute atomic E-state index is 11.3. The molecule has 1 aliphatic rings. The lowest BCUT2D eigenvalue weighted by molar-refractivity contribution is 0.0696. The predicted octanol–water partition coefficient (Wildman–Crippen LogP) is 1.09. The number of carboxylic acid groups (broad SMARTS) is 1. The van der Waals surface area contributed by atoms with Crippen LogP contribution in [0, 0.1) is 0 Å². The Morgan fingerprint density at radius 3 is 2.80 bits per heavy atom. The van der Waals surface area contributed by atoms with E-state index in [-0.39, 0.29) is 5.56 Å². The van der Waals surface area contributed by atoms with Crippen molar-refractivity contribution in [1.82, 2.24) is 10.7 Å². The molecular weight excluding hydrogens is 256 g/mol. The molecule has 0 aliphatic carbocycles. The molecule has 0 amide bonds. The molecule has 1 aliphatic heterocycles. The molecule has 20 heavy (non-hydrogen) atoms. The first-order valence-electron chi connectivity index (χ1n) is 6.60. The van der Waals surface area contributed by atoms with E-state index in [0.717, 1.165) is 25.9 Å². The molecule has 6 heteroatoms. The standard InChI is InChI=1S/C14H18N4O2/c1-15-18-12(13-16-8-4-5-9-17-13)10-6-2-3-7-11(10)14(19)20/h2-3,6-7,15H,4-5,8-9H2,1H3,(H,16,17)(H,19,20). The third-order valence-corrected chi connectivity index (χ3v) is 3.01. The molecule has 0 saturated heterocycles. The van der Waals surface area contributed by atoms with Gasteiger partial charge in [-0.05, 0) is 18.9 Å². The third kappa shape index (κ3) is 3.14. The highest BCUT2D eigenvalue weighted by atomic mass is 16.4. The number of hydrazone groups is 1. The van der Waals surface area contributed by atoms with Crippen LogP contribution in [0.4, 0.5) is 0 Å². The van der Waals surface area contributed by atoms with E-state index >= 15 is 0 Å². The Kier molecular flexibility index (Phi) is 4.70. The van der Waals surface area contributed by atoms with Crippen molar-refractivity contribution in [2.75, 3.05) is 20.1 Å². The van der Waals surface area contributed by atoms with Crippen molar-refractivity contribution in [3.05, 3.63) is 35.4 Å². The number of amidine groups is 1. The minimum Gasteiger partial charge on any atom is -0.478 e. The first kappa shape index (κ1) is 14.0. The van der Waals surface area contributed by atoms with Crippen LogP contribution in [0.15, 0.2) is 34.4 Å². The molecule has 106 valence electrons. The molecule has 0 unspecified atom stereocenters. The Balaban J connectivity index is 2.46. The predicted molar refractivity (Wildman–Crippen MR) is 78.5 cm³/mol. The minimum absolute atomic E-state index is 0.218. The van der Waals surface area contributed by atoms with E-state index in [2.05, 4.69) is 20.8 Å². The number of nitrogens with one attached hydrogen (secondary N) is 2. The van der Waals surface area contributed by atoms with E-state index in [9.17, 15) is 9.90 Å². The van der Waals surface area contributed by atoms with Crippen LogP contribution in [0.1, 0.15) is 28.8 Å². The molecular formula is C14H18N4O2. The molecule has 6 nitrogen and oxygen atoms in total. The van der Waals surface area contributed by atoms with Crippen LogP contribution in [0.3, 0.4) is 0 Å². The number of carboxylic acids is 1. The molecule has 2 rings (SSSR count). The summed E-state index contributed by atoms with van der Waals surface area (Å²) in [5.74, 6) is -0.329. The smallest absolute Gasteiger partial charge is 0.336 e. The Hall–Kier alpha value is -2.37. The number of rotatable bonds is 4. The molecule has 0 saturated carbocycles. The lowest BCUT2D eigenvalue weighted by Crippen LogP contribution is -2.34. The van der Waals surface area contributed by atoms with Gasteiger partial charge in [0.1, 0.15) is 11.5 Å². The second-order valence-electron chi connectivity index (χ2n) is 4.40. The highest BCUT2D eigenvalue weighted by Crippen LogP contribution is 2.12. The Bertz CT molecular complexity index is 552. The lowest BCUT2D eigenvalue weighted by Gasteiger charge is -2.12. The van der Waals surface area contributed by atoms with E-state index in [4.69, 9.17) is 0 Å². The summed E-state index contributed by atoms with van der Waals surface area (Å²) in [7, 11) is 1.68. The van der Waals surface area contributed by atoms with Gasteiger partial charge >= 0.3 is 5.97 Å². The molecule has 0 radical (unpaired) electrons. The van der Waals surface area contributed by atoms with Crippen LogP contribution < -0.4 is 10.7 Å². The second kappa shape index (κ2) is 6.70. The molecule has 0 aromatic heterocycles. The third-order valence-electron chi connectivity index (χ3n) is 3.01. The number of carbonyl (C=O) groups is 1. The van der Waals surface area contributed by atoms with E-state index in [0.29, 0.717) is 17.1 Å². The molecule has 1 heterocycles. The summed E-state index contributed by atoms with van der Waals surface area (Å²) in [4.78, 5) is 15.8. The maximum atomic E-state index is 11.3.